The van der Waals surface area contributed by atoms with Crippen LogP contribution in [0.2, 0.25) is 5.15 Å². The number of hydrogen-bond acceptors (Lipinski definition) is 4. The maximum absolute atomic E-state index is 6.37. The highest BCUT2D eigenvalue weighted by molar-refractivity contribution is 6.30. The molecule has 0 spiro atoms. The molecule has 5 nitrogen and oxygen atoms in total. The zero-order chi connectivity index (χ0) is 14.7. The molecular formula is C14H26ClN5. The van der Waals surface area contributed by atoms with E-state index in [1.165, 1.54) is 0 Å². The minimum atomic E-state index is 0.253. The van der Waals surface area contributed by atoms with Crippen molar-refractivity contribution in [1.82, 2.24) is 24.7 Å². The molecule has 1 fully saturated rings. The van der Waals surface area contributed by atoms with Gasteiger partial charge in [0.15, 0.2) is 0 Å². The SMILES string of the molecule is CNCC(c1ncn(C)c1Cl)N1CCN(C(C)C)CC1. The number of imidazole rings is 1. The molecule has 1 aliphatic rings. The van der Waals surface area contributed by atoms with Crippen LogP contribution in [0.25, 0.3) is 0 Å². The fraction of sp³-hybridized carbons (Fsp3) is 0.786. The normalized spacial score (nSPS) is 19.7. The van der Waals surface area contributed by atoms with Crippen molar-refractivity contribution in [2.24, 2.45) is 7.05 Å². The van der Waals surface area contributed by atoms with Gasteiger partial charge in [0.25, 0.3) is 0 Å². The van der Waals surface area contributed by atoms with E-state index in [2.05, 4.69) is 33.9 Å². The number of hydrogen-bond donors (Lipinski definition) is 1. The van der Waals surface area contributed by atoms with E-state index in [0.717, 1.165) is 43.6 Å². The van der Waals surface area contributed by atoms with E-state index in [1.54, 1.807) is 6.33 Å². The van der Waals surface area contributed by atoms with Gasteiger partial charge in [-0.15, -0.1) is 0 Å². The van der Waals surface area contributed by atoms with Crippen LogP contribution in [0.15, 0.2) is 6.33 Å². The molecule has 1 unspecified atom stereocenters. The third-order valence-corrected chi connectivity index (χ3v) is 4.58. The Labute approximate surface area is 126 Å². The van der Waals surface area contributed by atoms with Gasteiger partial charge < -0.3 is 9.88 Å². The van der Waals surface area contributed by atoms with Crippen LogP contribution in [-0.4, -0.2) is 65.2 Å². The van der Waals surface area contributed by atoms with E-state index >= 15 is 0 Å². The first-order valence-corrected chi connectivity index (χ1v) is 7.71. The largest absolute Gasteiger partial charge is 0.325 e. The fourth-order valence-electron chi connectivity index (χ4n) is 2.81. The highest BCUT2D eigenvalue weighted by atomic mass is 35.5. The third-order valence-electron chi connectivity index (χ3n) is 4.12. The van der Waals surface area contributed by atoms with Crippen molar-refractivity contribution < 1.29 is 0 Å². The molecule has 0 amide bonds. The first kappa shape index (κ1) is 15.8. The Morgan fingerprint density at radius 2 is 1.85 bits per heavy atom. The molecule has 114 valence electrons. The Kier molecular flexibility index (Phi) is 5.43. The zero-order valence-electron chi connectivity index (χ0n) is 12.9. The van der Waals surface area contributed by atoms with Gasteiger partial charge in [-0.1, -0.05) is 11.6 Å². The smallest absolute Gasteiger partial charge is 0.133 e. The lowest BCUT2D eigenvalue weighted by Crippen LogP contribution is -2.51. The minimum absolute atomic E-state index is 0.253. The average molecular weight is 300 g/mol. The topological polar surface area (TPSA) is 36.3 Å². The summed E-state index contributed by atoms with van der Waals surface area (Å²) in [6, 6.07) is 0.876. The van der Waals surface area contributed by atoms with Crippen LogP contribution in [0.1, 0.15) is 25.6 Å². The summed E-state index contributed by atoms with van der Waals surface area (Å²) in [6.07, 6.45) is 1.80. The van der Waals surface area contributed by atoms with Gasteiger partial charge in [-0.05, 0) is 20.9 Å². The van der Waals surface area contributed by atoms with E-state index in [1.807, 2.05) is 18.7 Å². The molecule has 6 heteroatoms. The predicted octanol–water partition coefficient (Wildman–Crippen LogP) is 1.36. The summed E-state index contributed by atoms with van der Waals surface area (Å²) in [5.41, 5.74) is 0.988. The lowest BCUT2D eigenvalue weighted by molar-refractivity contribution is 0.0768. The summed E-state index contributed by atoms with van der Waals surface area (Å²) >= 11 is 6.37. The van der Waals surface area contributed by atoms with Gasteiger partial charge in [-0.25, -0.2) is 4.98 Å². The highest BCUT2D eigenvalue weighted by Crippen LogP contribution is 2.26. The summed E-state index contributed by atoms with van der Waals surface area (Å²) < 4.78 is 1.88. The molecule has 1 aliphatic heterocycles. The number of piperazine rings is 1. The summed E-state index contributed by atoms with van der Waals surface area (Å²) in [6.45, 7) is 9.75. The van der Waals surface area contributed by atoms with Crippen LogP contribution in [0.4, 0.5) is 0 Å². The van der Waals surface area contributed by atoms with E-state index < -0.39 is 0 Å². The molecule has 0 saturated carbocycles. The summed E-state index contributed by atoms with van der Waals surface area (Å²) in [7, 11) is 3.92. The van der Waals surface area contributed by atoms with Crippen molar-refractivity contribution in [2.75, 3.05) is 39.8 Å². The Morgan fingerprint density at radius 3 is 2.30 bits per heavy atom. The van der Waals surface area contributed by atoms with Crippen molar-refractivity contribution in [3.63, 3.8) is 0 Å². The number of aromatic nitrogens is 2. The first-order valence-electron chi connectivity index (χ1n) is 7.34. The molecule has 0 aromatic carbocycles. The molecule has 0 bridgehead atoms. The third kappa shape index (κ3) is 3.34. The first-order chi connectivity index (χ1) is 9.54. The van der Waals surface area contributed by atoms with Gasteiger partial charge in [0.05, 0.1) is 18.1 Å². The molecule has 1 saturated heterocycles. The molecular weight excluding hydrogens is 274 g/mol. The quantitative estimate of drug-likeness (QED) is 0.891. The van der Waals surface area contributed by atoms with Crippen molar-refractivity contribution in [3.8, 4) is 0 Å². The van der Waals surface area contributed by atoms with Crippen molar-refractivity contribution in [1.29, 1.82) is 0 Å². The second kappa shape index (κ2) is 6.89. The van der Waals surface area contributed by atoms with Gasteiger partial charge >= 0.3 is 0 Å². The average Bonchev–Trinajstić information content (AvgIpc) is 2.77. The molecule has 0 radical (unpaired) electrons. The molecule has 1 N–H and O–H groups in total. The lowest BCUT2D eigenvalue weighted by atomic mass is 10.1. The maximum Gasteiger partial charge on any atom is 0.133 e. The van der Waals surface area contributed by atoms with Crippen molar-refractivity contribution in [3.05, 3.63) is 17.2 Å². The second-order valence-electron chi connectivity index (χ2n) is 5.77. The number of likely N-dealkylation sites (N-methyl/N-ethyl adjacent to an activating group) is 1. The van der Waals surface area contributed by atoms with Crippen LogP contribution in [0.5, 0.6) is 0 Å². The summed E-state index contributed by atoms with van der Waals surface area (Å²) in [4.78, 5) is 9.51. The molecule has 1 atom stereocenters. The number of nitrogens with one attached hydrogen (secondary N) is 1. The molecule has 0 aliphatic carbocycles. The van der Waals surface area contributed by atoms with E-state index in [0.29, 0.717) is 6.04 Å². The zero-order valence-corrected chi connectivity index (χ0v) is 13.7. The Balaban J connectivity index is 2.08. The van der Waals surface area contributed by atoms with Gasteiger partial charge in [0, 0.05) is 45.8 Å². The number of aryl methyl sites for hydroxylation is 1. The lowest BCUT2D eigenvalue weighted by Gasteiger charge is -2.40. The number of nitrogens with zero attached hydrogens (tertiary/aromatic N) is 4. The van der Waals surface area contributed by atoms with Crippen LogP contribution in [-0.2, 0) is 7.05 Å². The summed E-state index contributed by atoms with van der Waals surface area (Å²) in [5, 5.41) is 4.02. The molecule has 20 heavy (non-hydrogen) atoms. The van der Waals surface area contributed by atoms with Crippen LogP contribution >= 0.6 is 11.6 Å². The second-order valence-corrected chi connectivity index (χ2v) is 6.13. The van der Waals surface area contributed by atoms with Crippen molar-refractivity contribution in [2.45, 2.75) is 25.9 Å². The molecule has 1 aromatic heterocycles. The van der Waals surface area contributed by atoms with Gasteiger partial charge in [-0.2, -0.15) is 0 Å². The molecule has 1 aromatic rings. The van der Waals surface area contributed by atoms with Crippen molar-refractivity contribution >= 4 is 11.6 Å². The number of rotatable bonds is 5. The van der Waals surface area contributed by atoms with E-state index in [9.17, 15) is 0 Å². The van der Waals surface area contributed by atoms with E-state index in [-0.39, 0.29) is 6.04 Å². The van der Waals surface area contributed by atoms with Gasteiger partial charge in [0.1, 0.15) is 5.15 Å². The maximum atomic E-state index is 6.37. The summed E-state index contributed by atoms with van der Waals surface area (Å²) in [5.74, 6) is 0. The standard InChI is InChI=1S/C14H26ClN5/c1-11(2)19-5-7-20(8-6-19)12(9-16-3)13-14(15)18(4)10-17-13/h10-12,16H,5-9H2,1-4H3. The van der Waals surface area contributed by atoms with Gasteiger partial charge in [-0.3, -0.25) is 9.80 Å². The predicted molar refractivity (Wildman–Crippen MR) is 83.2 cm³/mol. The van der Waals surface area contributed by atoms with Crippen LogP contribution in [0.3, 0.4) is 0 Å². The molecule has 2 rings (SSSR count). The Bertz CT molecular complexity index is 423. The van der Waals surface area contributed by atoms with Crippen LogP contribution in [0, 0.1) is 0 Å². The van der Waals surface area contributed by atoms with Crippen LogP contribution < -0.4 is 5.32 Å². The molecule has 2 heterocycles. The Hall–Kier alpha value is -0.620. The Morgan fingerprint density at radius 1 is 1.25 bits per heavy atom. The minimum Gasteiger partial charge on any atom is -0.325 e. The van der Waals surface area contributed by atoms with E-state index in [4.69, 9.17) is 11.6 Å². The monoisotopic (exact) mass is 299 g/mol. The number of halogens is 1. The fourth-order valence-corrected chi connectivity index (χ4v) is 3.03. The van der Waals surface area contributed by atoms with Gasteiger partial charge in [0.2, 0.25) is 0 Å². The highest BCUT2D eigenvalue weighted by Gasteiger charge is 2.28.